The number of hydrogen-bond acceptors (Lipinski definition) is 3. The number of fused-ring (bicyclic) bond motifs is 1. The smallest absolute Gasteiger partial charge is 0.249 e. The van der Waals surface area contributed by atoms with Crippen molar-refractivity contribution in [2.75, 3.05) is 13.7 Å². The minimum Gasteiger partial charge on any atom is -0.389 e. The molecule has 1 aliphatic rings. The molecule has 0 aromatic heterocycles. The molecule has 2 rings (SSSR count). The van der Waals surface area contributed by atoms with Crippen LogP contribution < -0.4 is 0 Å². The van der Waals surface area contributed by atoms with Gasteiger partial charge in [-0.25, -0.2) is 0 Å². The summed E-state index contributed by atoms with van der Waals surface area (Å²) in [6.45, 7) is 3.11. The quantitative estimate of drug-likeness (QED) is 0.857. The summed E-state index contributed by atoms with van der Waals surface area (Å²) in [4.78, 5) is 13.4. The van der Waals surface area contributed by atoms with Crippen LogP contribution in [0.3, 0.4) is 0 Å². The lowest BCUT2D eigenvalue weighted by molar-refractivity contribution is -0.135. The fourth-order valence-electron chi connectivity index (χ4n) is 2.07. The lowest BCUT2D eigenvalue weighted by Crippen LogP contribution is -2.28. The molecule has 1 heterocycles. The van der Waals surface area contributed by atoms with Crippen molar-refractivity contribution in [3.8, 4) is 0 Å². The summed E-state index contributed by atoms with van der Waals surface area (Å²) >= 11 is 0. The molecule has 1 amide bonds. The Morgan fingerprint density at radius 3 is 2.82 bits per heavy atom. The van der Waals surface area contributed by atoms with Crippen LogP contribution in [0.15, 0.2) is 18.2 Å². The van der Waals surface area contributed by atoms with Gasteiger partial charge in [0.1, 0.15) is 6.61 Å². The van der Waals surface area contributed by atoms with Gasteiger partial charge in [-0.15, -0.1) is 0 Å². The zero-order valence-corrected chi connectivity index (χ0v) is 10.1. The minimum absolute atomic E-state index is 0.00213. The average Bonchev–Trinajstić information content (AvgIpc) is 2.71. The molecule has 0 saturated carbocycles. The second-order valence-electron chi connectivity index (χ2n) is 4.39. The van der Waals surface area contributed by atoms with E-state index in [1.165, 1.54) is 7.11 Å². The number of nitrogens with zero attached hydrogens (tertiary/aromatic N) is 1. The van der Waals surface area contributed by atoms with Gasteiger partial charge in [-0.3, -0.25) is 4.79 Å². The molecule has 0 saturated heterocycles. The molecular weight excluding hydrogens is 218 g/mol. The molecule has 0 bridgehead atoms. The molecule has 4 nitrogen and oxygen atoms in total. The van der Waals surface area contributed by atoms with Crippen LogP contribution in [-0.4, -0.2) is 29.6 Å². The molecule has 0 aliphatic carbocycles. The van der Waals surface area contributed by atoms with E-state index in [0.29, 0.717) is 13.1 Å². The Morgan fingerprint density at radius 2 is 2.18 bits per heavy atom. The summed E-state index contributed by atoms with van der Waals surface area (Å²) in [7, 11) is 1.52. The van der Waals surface area contributed by atoms with Crippen molar-refractivity contribution in [2.45, 2.75) is 26.1 Å². The maximum Gasteiger partial charge on any atom is 0.249 e. The summed E-state index contributed by atoms with van der Waals surface area (Å²) in [6, 6.07) is 5.87. The fraction of sp³-hybridized carbons (Fsp3) is 0.462. The van der Waals surface area contributed by atoms with Crippen LogP contribution in [0.4, 0.5) is 0 Å². The van der Waals surface area contributed by atoms with E-state index in [-0.39, 0.29) is 12.5 Å². The molecule has 1 atom stereocenters. The third-order valence-corrected chi connectivity index (χ3v) is 3.06. The van der Waals surface area contributed by atoms with Gasteiger partial charge in [0.25, 0.3) is 0 Å². The fourth-order valence-corrected chi connectivity index (χ4v) is 2.07. The van der Waals surface area contributed by atoms with Crippen molar-refractivity contribution < 1.29 is 14.6 Å². The van der Waals surface area contributed by atoms with Crippen LogP contribution in [0.5, 0.6) is 0 Å². The number of rotatable bonds is 3. The largest absolute Gasteiger partial charge is 0.389 e. The third kappa shape index (κ3) is 2.48. The summed E-state index contributed by atoms with van der Waals surface area (Å²) < 4.78 is 4.85. The number of ether oxygens (including phenoxy) is 1. The first kappa shape index (κ1) is 12.1. The van der Waals surface area contributed by atoms with E-state index < -0.39 is 6.10 Å². The number of aliphatic hydroxyl groups excluding tert-OH is 1. The molecule has 1 aliphatic heterocycles. The van der Waals surface area contributed by atoms with Crippen molar-refractivity contribution >= 4 is 5.91 Å². The highest BCUT2D eigenvalue weighted by Crippen LogP contribution is 2.26. The Morgan fingerprint density at radius 1 is 1.47 bits per heavy atom. The van der Waals surface area contributed by atoms with Crippen molar-refractivity contribution in [3.63, 3.8) is 0 Å². The Hall–Kier alpha value is -1.39. The predicted octanol–water partition coefficient (Wildman–Crippen LogP) is 1.23. The molecule has 1 unspecified atom stereocenters. The molecule has 92 valence electrons. The normalized spacial score (nSPS) is 15.8. The second kappa shape index (κ2) is 4.85. The molecule has 0 radical (unpaired) electrons. The van der Waals surface area contributed by atoms with Crippen LogP contribution >= 0.6 is 0 Å². The third-order valence-electron chi connectivity index (χ3n) is 3.06. The maximum absolute atomic E-state index is 11.7. The van der Waals surface area contributed by atoms with Gasteiger partial charge in [-0.05, 0) is 23.6 Å². The van der Waals surface area contributed by atoms with Gasteiger partial charge in [-0.2, -0.15) is 0 Å². The Labute approximate surface area is 101 Å². The minimum atomic E-state index is -0.468. The Balaban J connectivity index is 2.14. The highest BCUT2D eigenvalue weighted by molar-refractivity contribution is 5.78. The number of methoxy groups -OCH3 is 1. The van der Waals surface area contributed by atoms with E-state index in [4.69, 9.17) is 4.74 Å². The van der Waals surface area contributed by atoms with Crippen molar-refractivity contribution in [1.82, 2.24) is 4.90 Å². The summed E-state index contributed by atoms with van der Waals surface area (Å²) in [5, 5.41) is 9.51. The summed E-state index contributed by atoms with van der Waals surface area (Å²) in [5.41, 5.74) is 3.16. The number of amides is 1. The van der Waals surface area contributed by atoms with E-state index in [1.54, 1.807) is 11.8 Å². The van der Waals surface area contributed by atoms with Gasteiger partial charge in [0.05, 0.1) is 6.10 Å². The van der Waals surface area contributed by atoms with Crippen molar-refractivity contribution in [1.29, 1.82) is 0 Å². The summed E-state index contributed by atoms with van der Waals surface area (Å²) in [5.74, 6) is 0.00213. The van der Waals surface area contributed by atoms with Gasteiger partial charge in [0.15, 0.2) is 0 Å². The highest BCUT2D eigenvalue weighted by Gasteiger charge is 2.23. The molecule has 1 aromatic carbocycles. The monoisotopic (exact) mass is 235 g/mol. The number of hydrogen-bond donors (Lipinski definition) is 1. The van der Waals surface area contributed by atoms with Crippen LogP contribution in [0.2, 0.25) is 0 Å². The number of carbonyl (C=O) groups is 1. The van der Waals surface area contributed by atoms with Crippen molar-refractivity contribution in [3.05, 3.63) is 34.9 Å². The molecule has 1 aromatic rings. The lowest BCUT2D eigenvalue weighted by Gasteiger charge is -2.14. The zero-order chi connectivity index (χ0) is 12.4. The van der Waals surface area contributed by atoms with E-state index in [9.17, 15) is 9.90 Å². The topological polar surface area (TPSA) is 49.8 Å². The molecular formula is C13H17NO3. The van der Waals surface area contributed by atoms with Gasteiger partial charge in [0, 0.05) is 20.2 Å². The first-order valence-electron chi connectivity index (χ1n) is 5.68. The SMILES string of the molecule is COCC(=O)N1Cc2ccc(C(C)O)cc2C1. The standard InChI is InChI=1S/C13H17NO3/c1-9(15)10-3-4-11-6-14(7-12(11)5-10)13(16)8-17-2/h3-5,9,15H,6-8H2,1-2H3. The van der Waals surface area contributed by atoms with Crippen LogP contribution in [0, 0.1) is 0 Å². The second-order valence-corrected chi connectivity index (χ2v) is 4.39. The maximum atomic E-state index is 11.7. The van der Waals surface area contributed by atoms with E-state index in [1.807, 2.05) is 18.2 Å². The zero-order valence-electron chi connectivity index (χ0n) is 10.1. The van der Waals surface area contributed by atoms with Gasteiger partial charge in [-0.1, -0.05) is 18.2 Å². The van der Waals surface area contributed by atoms with Gasteiger partial charge in [0.2, 0.25) is 5.91 Å². The Kier molecular flexibility index (Phi) is 3.45. The Bertz CT molecular complexity index is 429. The van der Waals surface area contributed by atoms with Crippen LogP contribution in [0.1, 0.15) is 29.7 Å². The number of carbonyl (C=O) groups excluding carboxylic acids is 1. The van der Waals surface area contributed by atoms with Gasteiger partial charge < -0.3 is 14.7 Å². The van der Waals surface area contributed by atoms with E-state index in [0.717, 1.165) is 16.7 Å². The lowest BCUT2D eigenvalue weighted by atomic mass is 10.0. The highest BCUT2D eigenvalue weighted by atomic mass is 16.5. The molecule has 1 N–H and O–H groups in total. The summed E-state index contributed by atoms with van der Waals surface area (Å²) in [6.07, 6.45) is -0.468. The van der Waals surface area contributed by atoms with Crippen molar-refractivity contribution in [2.24, 2.45) is 0 Å². The predicted molar refractivity (Wildman–Crippen MR) is 63.2 cm³/mol. The molecule has 0 fully saturated rings. The van der Waals surface area contributed by atoms with Crippen LogP contribution in [-0.2, 0) is 22.6 Å². The van der Waals surface area contributed by atoms with E-state index >= 15 is 0 Å². The number of benzene rings is 1. The average molecular weight is 235 g/mol. The molecule has 0 spiro atoms. The first-order chi connectivity index (χ1) is 8.11. The number of aliphatic hydroxyl groups is 1. The van der Waals surface area contributed by atoms with E-state index in [2.05, 4.69) is 0 Å². The molecule has 17 heavy (non-hydrogen) atoms. The van der Waals surface area contributed by atoms with Crippen LogP contribution in [0.25, 0.3) is 0 Å². The van der Waals surface area contributed by atoms with Gasteiger partial charge >= 0.3 is 0 Å². The molecule has 4 heteroatoms. The first-order valence-corrected chi connectivity index (χ1v) is 5.68.